The molecule has 1 aromatic heterocycles. The lowest BCUT2D eigenvalue weighted by Gasteiger charge is -2.21. The number of nitrogens with zero attached hydrogens (tertiary/aromatic N) is 3. The molecule has 9 heteroatoms. The van der Waals surface area contributed by atoms with Crippen LogP contribution in [0.1, 0.15) is 43.7 Å². The summed E-state index contributed by atoms with van der Waals surface area (Å²) in [4.78, 5) is 38.3. The van der Waals surface area contributed by atoms with Crippen molar-refractivity contribution in [1.82, 2.24) is 20.4 Å². The molecular formula is C19H23N5O3S. The lowest BCUT2D eigenvalue weighted by molar-refractivity contribution is -0.133. The molecule has 3 rings (SSSR count). The maximum Gasteiger partial charge on any atom is 0.325 e. The number of imide groups is 1. The molecule has 0 radical (unpaired) electrons. The monoisotopic (exact) mass is 401 g/mol. The van der Waals surface area contributed by atoms with Crippen molar-refractivity contribution in [2.75, 3.05) is 11.9 Å². The maximum atomic E-state index is 12.8. The summed E-state index contributed by atoms with van der Waals surface area (Å²) in [6.45, 7) is 5.29. The van der Waals surface area contributed by atoms with Gasteiger partial charge < -0.3 is 5.32 Å². The summed E-state index contributed by atoms with van der Waals surface area (Å²) < 4.78 is 0. The minimum absolute atomic E-state index is 0.208. The zero-order chi connectivity index (χ0) is 20.3. The fraction of sp³-hybridized carbons (Fsp3) is 0.421. The van der Waals surface area contributed by atoms with E-state index in [9.17, 15) is 14.4 Å². The number of carbonyl (C=O) groups excluding carboxylic acids is 3. The molecule has 2 aromatic rings. The average Bonchev–Trinajstić information content (AvgIpc) is 3.20. The van der Waals surface area contributed by atoms with Gasteiger partial charge in [0.15, 0.2) is 0 Å². The first-order valence-corrected chi connectivity index (χ1v) is 9.91. The summed E-state index contributed by atoms with van der Waals surface area (Å²) in [5, 5.41) is 14.4. The molecule has 2 heterocycles. The van der Waals surface area contributed by atoms with Crippen LogP contribution in [0.15, 0.2) is 30.3 Å². The van der Waals surface area contributed by atoms with Gasteiger partial charge in [-0.15, -0.1) is 10.2 Å². The Kier molecular flexibility index (Phi) is 5.73. The largest absolute Gasteiger partial charge is 0.325 e. The van der Waals surface area contributed by atoms with Crippen LogP contribution in [0.2, 0.25) is 0 Å². The molecule has 28 heavy (non-hydrogen) atoms. The molecular weight excluding hydrogens is 378 g/mol. The first-order valence-electron chi connectivity index (χ1n) is 9.10. The molecule has 2 N–H and O–H groups in total. The Morgan fingerprint density at radius 2 is 1.96 bits per heavy atom. The number of nitrogens with one attached hydrogen (secondary N) is 2. The lowest BCUT2D eigenvalue weighted by Crippen LogP contribution is -2.45. The van der Waals surface area contributed by atoms with Gasteiger partial charge in [0.25, 0.3) is 5.91 Å². The van der Waals surface area contributed by atoms with Crippen molar-refractivity contribution in [3.63, 3.8) is 0 Å². The van der Waals surface area contributed by atoms with Gasteiger partial charge in [-0.2, -0.15) is 0 Å². The van der Waals surface area contributed by atoms with E-state index in [2.05, 4.69) is 20.8 Å². The highest BCUT2D eigenvalue weighted by Gasteiger charge is 2.47. The maximum absolute atomic E-state index is 12.8. The number of carbonyl (C=O) groups is 3. The van der Waals surface area contributed by atoms with Gasteiger partial charge >= 0.3 is 6.03 Å². The van der Waals surface area contributed by atoms with Gasteiger partial charge in [-0.25, -0.2) is 4.79 Å². The Bertz CT molecular complexity index is 883. The highest BCUT2D eigenvalue weighted by molar-refractivity contribution is 7.15. The van der Waals surface area contributed by atoms with E-state index in [0.717, 1.165) is 15.5 Å². The number of hydrogen-bond donors (Lipinski definition) is 2. The Morgan fingerprint density at radius 1 is 1.25 bits per heavy atom. The molecule has 8 nitrogen and oxygen atoms in total. The zero-order valence-corrected chi connectivity index (χ0v) is 16.9. The fourth-order valence-corrected chi connectivity index (χ4v) is 3.68. The molecule has 1 aromatic carbocycles. The van der Waals surface area contributed by atoms with Crippen LogP contribution in [0.3, 0.4) is 0 Å². The standard InChI is InChI=1S/C19H23N5O3S/c1-12(2)15-22-23-17(28-15)20-14(25)11-24-16(26)19(3,21-18(24)27)10-9-13-7-5-4-6-8-13/h4-8,12H,9-11H2,1-3H3,(H,21,27)(H,20,23,25)/t19-/m0/s1. The van der Waals surface area contributed by atoms with Crippen LogP contribution in [-0.4, -0.2) is 45.0 Å². The zero-order valence-electron chi connectivity index (χ0n) is 16.1. The number of benzene rings is 1. The van der Waals surface area contributed by atoms with Gasteiger partial charge in [-0.05, 0) is 25.3 Å². The van der Waals surface area contributed by atoms with Crippen molar-refractivity contribution in [2.24, 2.45) is 0 Å². The molecule has 1 saturated heterocycles. The SMILES string of the molecule is CC(C)c1nnc(NC(=O)CN2C(=O)N[C@@](C)(CCc3ccccc3)C2=O)s1. The molecule has 148 valence electrons. The van der Waals surface area contributed by atoms with E-state index in [0.29, 0.717) is 18.0 Å². The van der Waals surface area contributed by atoms with Crippen LogP contribution in [0.25, 0.3) is 0 Å². The Morgan fingerprint density at radius 3 is 2.61 bits per heavy atom. The number of aromatic nitrogens is 2. The number of amides is 4. The third kappa shape index (κ3) is 4.36. The quantitative estimate of drug-likeness (QED) is 0.694. The van der Waals surface area contributed by atoms with Gasteiger partial charge in [0, 0.05) is 5.92 Å². The number of anilines is 1. The van der Waals surface area contributed by atoms with Gasteiger partial charge in [0.05, 0.1) is 0 Å². The molecule has 0 spiro atoms. The van der Waals surface area contributed by atoms with Crippen molar-refractivity contribution in [2.45, 2.75) is 45.1 Å². The van der Waals surface area contributed by atoms with Crippen LogP contribution >= 0.6 is 11.3 Å². The van der Waals surface area contributed by atoms with E-state index < -0.39 is 23.4 Å². The normalized spacial score (nSPS) is 19.2. The Hall–Kier alpha value is -2.81. The van der Waals surface area contributed by atoms with Gasteiger partial charge in [0.1, 0.15) is 17.1 Å². The van der Waals surface area contributed by atoms with Crippen LogP contribution in [-0.2, 0) is 16.0 Å². The lowest BCUT2D eigenvalue weighted by atomic mass is 9.93. The second kappa shape index (κ2) is 8.05. The van der Waals surface area contributed by atoms with E-state index in [1.165, 1.54) is 11.3 Å². The number of rotatable bonds is 7. The number of aryl methyl sites for hydroxylation is 1. The van der Waals surface area contributed by atoms with Crippen molar-refractivity contribution in [1.29, 1.82) is 0 Å². The highest BCUT2D eigenvalue weighted by Crippen LogP contribution is 2.24. The molecule has 0 bridgehead atoms. The van der Waals surface area contributed by atoms with Gasteiger partial charge in [-0.1, -0.05) is 55.5 Å². The molecule has 1 atom stereocenters. The van der Waals surface area contributed by atoms with E-state index in [4.69, 9.17) is 0 Å². The highest BCUT2D eigenvalue weighted by atomic mass is 32.1. The molecule has 1 fully saturated rings. The predicted octanol–water partition coefficient (Wildman–Crippen LogP) is 2.54. The molecule has 0 saturated carbocycles. The fourth-order valence-electron chi connectivity index (χ4n) is 2.92. The van der Waals surface area contributed by atoms with Crippen LogP contribution in [0.4, 0.5) is 9.93 Å². The summed E-state index contributed by atoms with van der Waals surface area (Å²) in [6.07, 6.45) is 1.10. The molecule has 0 aliphatic carbocycles. The Balaban J connectivity index is 1.60. The molecule has 0 unspecified atom stereocenters. The Labute approximate surface area is 167 Å². The first-order chi connectivity index (χ1) is 13.3. The van der Waals surface area contributed by atoms with E-state index in [-0.39, 0.29) is 12.5 Å². The van der Waals surface area contributed by atoms with Crippen molar-refractivity contribution in [3.05, 3.63) is 40.9 Å². The second-order valence-corrected chi connectivity index (χ2v) is 8.30. The van der Waals surface area contributed by atoms with E-state index >= 15 is 0 Å². The van der Waals surface area contributed by atoms with Crippen LogP contribution in [0.5, 0.6) is 0 Å². The average molecular weight is 401 g/mol. The topological polar surface area (TPSA) is 104 Å². The third-order valence-corrected chi connectivity index (χ3v) is 5.72. The van der Waals surface area contributed by atoms with Crippen molar-refractivity contribution < 1.29 is 14.4 Å². The van der Waals surface area contributed by atoms with Crippen molar-refractivity contribution in [3.8, 4) is 0 Å². The number of hydrogen-bond acceptors (Lipinski definition) is 6. The van der Waals surface area contributed by atoms with E-state index in [1.807, 2.05) is 44.2 Å². The van der Waals surface area contributed by atoms with Gasteiger partial charge in [-0.3, -0.25) is 19.8 Å². The smallest absolute Gasteiger partial charge is 0.323 e. The summed E-state index contributed by atoms with van der Waals surface area (Å²) in [7, 11) is 0. The molecule has 1 aliphatic rings. The minimum atomic E-state index is -1.03. The molecule has 4 amide bonds. The minimum Gasteiger partial charge on any atom is -0.323 e. The number of urea groups is 1. The first kappa shape index (κ1) is 19.9. The van der Waals surface area contributed by atoms with Crippen LogP contribution < -0.4 is 10.6 Å². The van der Waals surface area contributed by atoms with Gasteiger partial charge in [0.2, 0.25) is 11.0 Å². The van der Waals surface area contributed by atoms with E-state index in [1.54, 1.807) is 6.92 Å². The third-order valence-electron chi connectivity index (χ3n) is 4.58. The second-order valence-electron chi connectivity index (χ2n) is 7.29. The van der Waals surface area contributed by atoms with Crippen molar-refractivity contribution >= 4 is 34.3 Å². The van der Waals surface area contributed by atoms with Crippen LogP contribution in [0, 0.1) is 0 Å². The summed E-state index contributed by atoms with van der Waals surface area (Å²) in [6, 6.07) is 9.18. The summed E-state index contributed by atoms with van der Waals surface area (Å²) in [5.74, 6) is -0.676. The molecule has 1 aliphatic heterocycles. The predicted molar refractivity (Wildman–Crippen MR) is 106 cm³/mol. The summed E-state index contributed by atoms with van der Waals surface area (Å²) >= 11 is 1.28. The summed E-state index contributed by atoms with van der Waals surface area (Å²) in [5.41, 5.74) is 0.0556.